The van der Waals surface area contributed by atoms with Crippen LogP contribution in [0, 0.1) is 5.92 Å². The van der Waals surface area contributed by atoms with E-state index in [2.05, 4.69) is 19.8 Å². The van der Waals surface area contributed by atoms with Gasteiger partial charge in [-0.2, -0.15) is 0 Å². The minimum absolute atomic E-state index is 0.0368. The van der Waals surface area contributed by atoms with Crippen molar-refractivity contribution in [2.75, 3.05) is 37.7 Å². The van der Waals surface area contributed by atoms with Crippen molar-refractivity contribution in [3.8, 4) is 0 Å². The number of nitrogens with zero attached hydrogens (tertiary/aromatic N) is 5. The van der Waals surface area contributed by atoms with Gasteiger partial charge in [0, 0.05) is 45.0 Å². The molecule has 2 aliphatic rings. The molecule has 4 rings (SSSR count). The van der Waals surface area contributed by atoms with Gasteiger partial charge < -0.3 is 4.90 Å². The van der Waals surface area contributed by atoms with Gasteiger partial charge in [-0.3, -0.25) is 19.4 Å². The summed E-state index contributed by atoms with van der Waals surface area (Å²) >= 11 is 0. The van der Waals surface area contributed by atoms with Crippen molar-refractivity contribution < 1.29 is 9.59 Å². The molecule has 28 heavy (non-hydrogen) atoms. The molecule has 1 aromatic heterocycles. The van der Waals surface area contributed by atoms with Gasteiger partial charge >= 0.3 is 0 Å². The van der Waals surface area contributed by atoms with Crippen LogP contribution < -0.4 is 4.90 Å². The van der Waals surface area contributed by atoms with E-state index in [1.165, 1.54) is 4.90 Å². The van der Waals surface area contributed by atoms with Crippen LogP contribution in [0.3, 0.4) is 0 Å². The minimum Gasteiger partial charge on any atom is -0.338 e. The topological polar surface area (TPSA) is 69.6 Å². The fourth-order valence-electron chi connectivity index (χ4n) is 3.98. The van der Waals surface area contributed by atoms with Crippen molar-refractivity contribution in [1.82, 2.24) is 19.8 Å². The van der Waals surface area contributed by atoms with Crippen molar-refractivity contribution >= 4 is 17.8 Å². The summed E-state index contributed by atoms with van der Waals surface area (Å²) in [6.07, 6.45) is 3.78. The maximum atomic E-state index is 12.9. The molecule has 0 aliphatic carbocycles. The molecule has 3 heterocycles. The predicted molar refractivity (Wildman–Crippen MR) is 106 cm³/mol. The number of benzene rings is 1. The fourth-order valence-corrected chi connectivity index (χ4v) is 3.98. The van der Waals surface area contributed by atoms with Crippen molar-refractivity contribution in [2.45, 2.75) is 19.3 Å². The van der Waals surface area contributed by atoms with E-state index >= 15 is 0 Å². The molecule has 7 nitrogen and oxygen atoms in total. The minimum atomic E-state index is -0.270. The zero-order valence-electron chi connectivity index (χ0n) is 16.1. The highest BCUT2D eigenvalue weighted by molar-refractivity contribution is 6.03. The predicted octanol–water partition coefficient (Wildman–Crippen LogP) is 1.73. The number of hydrogen-bond acceptors (Lipinski definition) is 6. The lowest BCUT2D eigenvalue weighted by molar-refractivity contribution is -0.142. The Morgan fingerprint density at radius 1 is 1.00 bits per heavy atom. The van der Waals surface area contributed by atoms with E-state index < -0.39 is 0 Å². The van der Waals surface area contributed by atoms with Gasteiger partial charge in [0.15, 0.2) is 0 Å². The molecule has 0 N–H and O–H groups in total. The summed E-state index contributed by atoms with van der Waals surface area (Å²) in [6.45, 7) is 5.52. The highest BCUT2D eigenvalue weighted by Gasteiger charge is 2.42. The van der Waals surface area contributed by atoms with E-state index in [0.29, 0.717) is 13.1 Å². The van der Waals surface area contributed by atoms with Crippen molar-refractivity contribution in [1.29, 1.82) is 0 Å². The maximum Gasteiger partial charge on any atom is 0.234 e. The van der Waals surface area contributed by atoms with Gasteiger partial charge in [0.25, 0.3) is 0 Å². The number of aromatic nitrogens is 2. The van der Waals surface area contributed by atoms with Crippen LogP contribution in [0.4, 0.5) is 5.95 Å². The van der Waals surface area contributed by atoms with Crippen LogP contribution >= 0.6 is 0 Å². The Balaban J connectivity index is 1.35. The zero-order valence-corrected chi connectivity index (χ0v) is 16.1. The van der Waals surface area contributed by atoms with Crippen LogP contribution in [0.2, 0.25) is 0 Å². The van der Waals surface area contributed by atoms with E-state index in [1.54, 1.807) is 18.5 Å². The Bertz CT molecular complexity index is 821. The maximum absolute atomic E-state index is 12.9. The number of amides is 2. The largest absolute Gasteiger partial charge is 0.338 e. The summed E-state index contributed by atoms with van der Waals surface area (Å²) in [6, 6.07) is 11.8. The van der Waals surface area contributed by atoms with Crippen LogP contribution in [0.15, 0.2) is 48.8 Å². The number of hydrogen-bond donors (Lipinski definition) is 0. The lowest BCUT2D eigenvalue weighted by Gasteiger charge is -2.36. The standard InChI is InChI=1S/C21H25N5O2/c1-16(17-6-3-2-4-7-17)18-14-19(27)26(20(18)28)15-24-10-12-25(13-11-24)21-22-8-5-9-23-21/h2-9,16,18H,10-15H2,1H3. The molecule has 2 amide bonds. The third-order valence-corrected chi connectivity index (χ3v) is 5.76. The monoisotopic (exact) mass is 379 g/mol. The summed E-state index contributed by atoms with van der Waals surface area (Å²) in [5, 5.41) is 0. The first-order valence-corrected chi connectivity index (χ1v) is 9.77. The Morgan fingerprint density at radius 2 is 1.68 bits per heavy atom. The first-order chi connectivity index (χ1) is 13.6. The second-order valence-corrected chi connectivity index (χ2v) is 7.47. The number of carbonyl (C=O) groups is 2. The molecule has 2 aromatic rings. The molecule has 0 saturated carbocycles. The Hall–Kier alpha value is -2.80. The molecular weight excluding hydrogens is 354 g/mol. The van der Waals surface area contributed by atoms with Crippen LogP contribution in [0.25, 0.3) is 0 Å². The molecule has 7 heteroatoms. The lowest BCUT2D eigenvalue weighted by Crippen LogP contribution is -2.51. The van der Waals surface area contributed by atoms with Crippen molar-refractivity contribution in [3.63, 3.8) is 0 Å². The van der Waals surface area contributed by atoms with Gasteiger partial charge in [0.1, 0.15) is 0 Å². The Labute approximate surface area is 165 Å². The highest BCUT2D eigenvalue weighted by atomic mass is 16.2. The fraction of sp³-hybridized carbons (Fsp3) is 0.429. The smallest absolute Gasteiger partial charge is 0.234 e. The number of carbonyl (C=O) groups excluding carboxylic acids is 2. The van der Waals surface area contributed by atoms with Gasteiger partial charge in [0.05, 0.1) is 12.6 Å². The van der Waals surface area contributed by atoms with Gasteiger partial charge in [-0.1, -0.05) is 37.3 Å². The molecule has 2 saturated heterocycles. The summed E-state index contributed by atoms with van der Waals surface area (Å²) in [5.41, 5.74) is 1.10. The zero-order chi connectivity index (χ0) is 19.5. The Morgan fingerprint density at radius 3 is 2.36 bits per heavy atom. The number of imide groups is 1. The van der Waals surface area contributed by atoms with Crippen molar-refractivity contribution in [3.05, 3.63) is 54.4 Å². The van der Waals surface area contributed by atoms with Crippen molar-refractivity contribution in [2.24, 2.45) is 5.92 Å². The van der Waals surface area contributed by atoms with Gasteiger partial charge in [-0.05, 0) is 17.5 Å². The second kappa shape index (κ2) is 8.06. The lowest BCUT2D eigenvalue weighted by atomic mass is 9.86. The SMILES string of the molecule is CC(c1ccccc1)C1CC(=O)N(CN2CCN(c3ncccn3)CC2)C1=O. The van der Waals surface area contributed by atoms with Gasteiger partial charge in [-0.15, -0.1) is 0 Å². The van der Waals surface area contributed by atoms with E-state index in [9.17, 15) is 9.59 Å². The number of rotatable bonds is 5. The summed E-state index contributed by atoms with van der Waals surface area (Å²) in [4.78, 5) is 39.8. The molecule has 0 spiro atoms. The average Bonchev–Trinajstić information content (AvgIpc) is 3.03. The molecule has 1 aromatic carbocycles. The number of piperazine rings is 1. The normalized spacial score (nSPS) is 22.0. The molecule has 2 unspecified atom stereocenters. The van der Waals surface area contributed by atoms with Crippen LogP contribution in [-0.4, -0.2) is 64.4 Å². The third-order valence-electron chi connectivity index (χ3n) is 5.76. The summed E-state index contributed by atoms with van der Waals surface area (Å²) in [7, 11) is 0. The molecule has 146 valence electrons. The van der Waals surface area contributed by atoms with E-state index in [-0.39, 0.29) is 23.7 Å². The first-order valence-electron chi connectivity index (χ1n) is 9.77. The third kappa shape index (κ3) is 3.75. The molecular formula is C21H25N5O2. The van der Waals surface area contributed by atoms with E-state index in [1.807, 2.05) is 37.3 Å². The first kappa shape index (κ1) is 18.6. The number of anilines is 1. The van der Waals surface area contributed by atoms with Gasteiger partial charge in [0.2, 0.25) is 17.8 Å². The molecule has 0 radical (unpaired) electrons. The molecule has 2 atom stereocenters. The Kier molecular flexibility index (Phi) is 5.34. The van der Waals surface area contributed by atoms with Crippen LogP contribution in [-0.2, 0) is 9.59 Å². The quantitative estimate of drug-likeness (QED) is 0.737. The van der Waals surface area contributed by atoms with E-state index in [4.69, 9.17) is 0 Å². The number of likely N-dealkylation sites (tertiary alicyclic amines) is 1. The molecule has 2 fully saturated rings. The van der Waals surface area contributed by atoms with Crippen LogP contribution in [0.1, 0.15) is 24.8 Å². The molecule has 2 aliphatic heterocycles. The highest BCUT2D eigenvalue weighted by Crippen LogP contribution is 2.33. The summed E-state index contributed by atoms with van der Waals surface area (Å²) in [5.74, 6) is 0.387. The summed E-state index contributed by atoms with van der Waals surface area (Å²) < 4.78 is 0. The average molecular weight is 379 g/mol. The van der Waals surface area contributed by atoms with E-state index in [0.717, 1.165) is 37.7 Å². The molecule has 0 bridgehead atoms. The second-order valence-electron chi connectivity index (χ2n) is 7.47. The van der Waals surface area contributed by atoms with Gasteiger partial charge in [-0.25, -0.2) is 9.97 Å². The van der Waals surface area contributed by atoms with Crippen LogP contribution in [0.5, 0.6) is 0 Å².